The number of rotatable bonds is 5. The maximum Gasteiger partial charge on any atom is 0.157 e. The second-order valence-corrected chi connectivity index (χ2v) is 6.54. The molecule has 0 aliphatic heterocycles. The van der Waals surface area contributed by atoms with E-state index in [1.165, 1.54) is 0 Å². The van der Waals surface area contributed by atoms with Gasteiger partial charge in [0.15, 0.2) is 9.84 Å². The van der Waals surface area contributed by atoms with E-state index in [9.17, 15) is 8.42 Å². The van der Waals surface area contributed by atoms with Gasteiger partial charge in [-0.3, -0.25) is 0 Å². The summed E-state index contributed by atoms with van der Waals surface area (Å²) in [4.78, 5) is 0. The molecule has 92 valence electrons. The number of hydrogen-bond donors (Lipinski definition) is 0. The van der Waals surface area contributed by atoms with Gasteiger partial charge >= 0.3 is 0 Å². The molecule has 0 fully saturated rings. The van der Waals surface area contributed by atoms with Crippen LogP contribution in [0.2, 0.25) is 0 Å². The van der Waals surface area contributed by atoms with Crippen molar-refractivity contribution in [1.82, 2.24) is 0 Å². The number of sulfone groups is 1. The standard InChI is InChI=1S/C13H17NO2S/c1-3-4-9-17(15,16)11(2)13-7-5-12(10-14)6-8-13/h5-8,11H,3-4,9H2,1-2H3. The molecule has 1 aromatic rings. The number of nitrogens with zero attached hydrogens (tertiary/aromatic N) is 1. The highest BCUT2D eigenvalue weighted by Crippen LogP contribution is 2.23. The van der Waals surface area contributed by atoms with Crippen LogP contribution >= 0.6 is 0 Å². The summed E-state index contributed by atoms with van der Waals surface area (Å²) >= 11 is 0. The molecule has 17 heavy (non-hydrogen) atoms. The second kappa shape index (κ2) is 5.83. The van der Waals surface area contributed by atoms with Crippen molar-refractivity contribution in [1.29, 1.82) is 5.26 Å². The molecule has 0 spiro atoms. The van der Waals surface area contributed by atoms with Crippen LogP contribution in [0.3, 0.4) is 0 Å². The van der Waals surface area contributed by atoms with Gasteiger partial charge in [-0.25, -0.2) is 8.42 Å². The molecule has 3 nitrogen and oxygen atoms in total. The molecule has 0 N–H and O–H groups in total. The molecule has 0 radical (unpaired) electrons. The van der Waals surface area contributed by atoms with Gasteiger partial charge in [0.05, 0.1) is 22.6 Å². The first-order chi connectivity index (χ1) is 8.01. The van der Waals surface area contributed by atoms with Crippen LogP contribution in [0.4, 0.5) is 0 Å². The highest BCUT2D eigenvalue weighted by Gasteiger charge is 2.21. The Morgan fingerprint density at radius 1 is 1.29 bits per heavy atom. The molecule has 4 heteroatoms. The third-order valence-electron chi connectivity index (χ3n) is 2.83. The SMILES string of the molecule is CCCCS(=O)(=O)C(C)c1ccc(C#N)cc1. The van der Waals surface area contributed by atoms with Crippen LogP contribution in [0.15, 0.2) is 24.3 Å². The molecule has 1 aromatic carbocycles. The summed E-state index contributed by atoms with van der Waals surface area (Å²) in [6.07, 6.45) is 1.57. The summed E-state index contributed by atoms with van der Waals surface area (Å²) in [6, 6.07) is 8.75. The van der Waals surface area contributed by atoms with E-state index < -0.39 is 15.1 Å². The molecule has 0 bridgehead atoms. The quantitative estimate of drug-likeness (QED) is 0.808. The van der Waals surface area contributed by atoms with Crippen molar-refractivity contribution in [3.05, 3.63) is 35.4 Å². The molecular weight excluding hydrogens is 234 g/mol. The van der Waals surface area contributed by atoms with Gasteiger partial charge in [0, 0.05) is 0 Å². The average Bonchev–Trinajstić information content (AvgIpc) is 2.35. The Morgan fingerprint density at radius 2 is 1.88 bits per heavy atom. The van der Waals surface area contributed by atoms with Gasteiger partial charge < -0.3 is 0 Å². The van der Waals surface area contributed by atoms with Crippen molar-refractivity contribution < 1.29 is 8.42 Å². The molecule has 0 aromatic heterocycles. The van der Waals surface area contributed by atoms with Gasteiger partial charge in [0.25, 0.3) is 0 Å². The molecule has 1 atom stereocenters. The van der Waals surface area contributed by atoms with E-state index in [1.54, 1.807) is 31.2 Å². The molecule has 1 rings (SSSR count). The van der Waals surface area contributed by atoms with E-state index in [1.807, 2.05) is 13.0 Å². The van der Waals surface area contributed by atoms with Crippen LogP contribution in [0.25, 0.3) is 0 Å². The lowest BCUT2D eigenvalue weighted by atomic mass is 10.1. The van der Waals surface area contributed by atoms with Crippen molar-refractivity contribution >= 4 is 9.84 Å². The van der Waals surface area contributed by atoms with Crippen LogP contribution < -0.4 is 0 Å². The topological polar surface area (TPSA) is 57.9 Å². The van der Waals surface area contributed by atoms with Crippen LogP contribution in [0, 0.1) is 11.3 Å². The first-order valence-corrected chi connectivity index (χ1v) is 7.44. The van der Waals surface area contributed by atoms with Gasteiger partial charge in [0.1, 0.15) is 0 Å². The first kappa shape index (κ1) is 13.7. The average molecular weight is 251 g/mol. The zero-order valence-corrected chi connectivity index (χ0v) is 11.0. The first-order valence-electron chi connectivity index (χ1n) is 5.73. The van der Waals surface area contributed by atoms with Crippen LogP contribution in [0.5, 0.6) is 0 Å². The number of hydrogen-bond acceptors (Lipinski definition) is 3. The van der Waals surface area contributed by atoms with E-state index in [0.717, 1.165) is 12.0 Å². The Morgan fingerprint density at radius 3 is 2.35 bits per heavy atom. The van der Waals surface area contributed by atoms with E-state index >= 15 is 0 Å². The van der Waals surface area contributed by atoms with Gasteiger partial charge in [0.2, 0.25) is 0 Å². The largest absolute Gasteiger partial charge is 0.228 e. The minimum atomic E-state index is -3.08. The van der Waals surface area contributed by atoms with Crippen molar-refractivity contribution in [3.8, 4) is 6.07 Å². The predicted molar refractivity (Wildman–Crippen MR) is 68.3 cm³/mol. The van der Waals surface area contributed by atoms with Crippen molar-refractivity contribution in [2.45, 2.75) is 31.9 Å². The monoisotopic (exact) mass is 251 g/mol. The molecular formula is C13H17NO2S. The lowest BCUT2D eigenvalue weighted by Crippen LogP contribution is -2.14. The van der Waals surface area contributed by atoms with Gasteiger partial charge in [-0.2, -0.15) is 5.26 Å². The lowest BCUT2D eigenvalue weighted by molar-refractivity contribution is 0.583. The fraction of sp³-hybridized carbons (Fsp3) is 0.462. The molecule has 1 unspecified atom stereocenters. The van der Waals surface area contributed by atoms with E-state index in [4.69, 9.17) is 5.26 Å². The summed E-state index contributed by atoms with van der Waals surface area (Å²) in [7, 11) is -3.08. The van der Waals surface area contributed by atoms with Gasteiger partial charge in [-0.05, 0) is 31.0 Å². The zero-order valence-electron chi connectivity index (χ0n) is 10.2. The summed E-state index contributed by atoms with van der Waals surface area (Å²) in [5, 5.41) is 8.18. The summed E-state index contributed by atoms with van der Waals surface area (Å²) < 4.78 is 24.0. The van der Waals surface area contributed by atoms with Gasteiger partial charge in [-0.1, -0.05) is 25.5 Å². The van der Waals surface area contributed by atoms with Gasteiger partial charge in [-0.15, -0.1) is 0 Å². The zero-order chi connectivity index (χ0) is 12.9. The van der Waals surface area contributed by atoms with E-state index in [2.05, 4.69) is 0 Å². The highest BCUT2D eigenvalue weighted by atomic mass is 32.2. The fourth-order valence-corrected chi connectivity index (χ4v) is 3.17. The van der Waals surface area contributed by atoms with Crippen molar-refractivity contribution in [2.24, 2.45) is 0 Å². The predicted octanol–water partition coefficient (Wildman–Crippen LogP) is 2.83. The highest BCUT2D eigenvalue weighted by molar-refractivity contribution is 7.91. The minimum Gasteiger partial charge on any atom is -0.228 e. The van der Waals surface area contributed by atoms with Crippen LogP contribution in [-0.4, -0.2) is 14.2 Å². The second-order valence-electron chi connectivity index (χ2n) is 4.10. The van der Waals surface area contributed by atoms with Crippen LogP contribution in [0.1, 0.15) is 43.1 Å². The lowest BCUT2D eigenvalue weighted by Gasteiger charge is -2.12. The summed E-state index contributed by atoms with van der Waals surface area (Å²) in [5.74, 6) is 0.227. The molecule has 0 saturated carbocycles. The number of benzene rings is 1. The minimum absolute atomic E-state index is 0.227. The third-order valence-corrected chi connectivity index (χ3v) is 5.04. The third kappa shape index (κ3) is 3.57. The Hall–Kier alpha value is -1.34. The normalized spacial score (nSPS) is 13.0. The Bertz CT molecular complexity index is 497. The number of unbranched alkanes of at least 4 members (excludes halogenated alkanes) is 1. The molecule has 0 heterocycles. The maximum absolute atomic E-state index is 12.0. The molecule has 0 saturated heterocycles. The Labute approximate surface area is 103 Å². The smallest absolute Gasteiger partial charge is 0.157 e. The maximum atomic E-state index is 12.0. The Kier molecular flexibility index (Phi) is 4.71. The Balaban J connectivity index is 2.88. The van der Waals surface area contributed by atoms with E-state index in [-0.39, 0.29) is 5.75 Å². The van der Waals surface area contributed by atoms with Crippen molar-refractivity contribution in [3.63, 3.8) is 0 Å². The van der Waals surface area contributed by atoms with Crippen LogP contribution in [-0.2, 0) is 9.84 Å². The summed E-state index contributed by atoms with van der Waals surface area (Å²) in [6.45, 7) is 3.67. The molecule has 0 aliphatic carbocycles. The fourth-order valence-electron chi connectivity index (χ4n) is 1.56. The molecule has 0 amide bonds. The van der Waals surface area contributed by atoms with E-state index in [0.29, 0.717) is 12.0 Å². The number of nitriles is 1. The molecule has 0 aliphatic rings. The summed E-state index contributed by atoms with van der Waals surface area (Å²) in [5.41, 5.74) is 1.30. The van der Waals surface area contributed by atoms with Crippen molar-refractivity contribution in [2.75, 3.05) is 5.75 Å².